The smallest absolute Gasteiger partial charge is 0.330 e. The first-order valence-corrected chi connectivity index (χ1v) is 7.49. The number of aliphatic hydroxyl groups excluding tert-OH is 1. The predicted octanol–water partition coefficient (Wildman–Crippen LogP) is 1.35. The van der Waals surface area contributed by atoms with E-state index in [0.717, 1.165) is 10.1 Å². The van der Waals surface area contributed by atoms with Gasteiger partial charge < -0.3 is 9.67 Å². The van der Waals surface area contributed by atoms with Gasteiger partial charge in [0.25, 0.3) is 5.56 Å². The Hall–Kier alpha value is -2.31. The number of aryl methyl sites for hydroxylation is 1. The normalized spacial score (nSPS) is 11.3. The van der Waals surface area contributed by atoms with Gasteiger partial charge in [-0.25, -0.2) is 4.79 Å². The van der Waals surface area contributed by atoms with Crippen LogP contribution >= 0.6 is 11.6 Å². The van der Waals surface area contributed by atoms with Crippen LogP contribution in [0.1, 0.15) is 0 Å². The zero-order valence-corrected chi connectivity index (χ0v) is 13.5. The summed E-state index contributed by atoms with van der Waals surface area (Å²) in [6.07, 6.45) is 1.72. The first-order chi connectivity index (χ1) is 11.0. The summed E-state index contributed by atoms with van der Waals surface area (Å²) in [5.74, 6) is 0. The monoisotopic (exact) mass is 333 g/mol. The number of rotatable bonds is 3. The van der Waals surface area contributed by atoms with Crippen molar-refractivity contribution in [2.75, 3.05) is 6.61 Å². The highest BCUT2D eigenvalue weighted by atomic mass is 35.5. The Morgan fingerprint density at radius 2 is 1.74 bits per heavy atom. The Kier molecular flexibility index (Phi) is 3.87. The van der Waals surface area contributed by atoms with Crippen LogP contribution in [0.25, 0.3) is 22.2 Å². The van der Waals surface area contributed by atoms with Crippen molar-refractivity contribution in [3.63, 3.8) is 0 Å². The lowest BCUT2D eigenvalue weighted by Crippen LogP contribution is -2.36. The van der Waals surface area contributed by atoms with E-state index in [1.807, 2.05) is 12.1 Å². The molecule has 0 atom stereocenters. The van der Waals surface area contributed by atoms with E-state index in [4.69, 9.17) is 11.6 Å². The highest BCUT2D eigenvalue weighted by Gasteiger charge is 2.18. The van der Waals surface area contributed by atoms with Crippen molar-refractivity contribution >= 4 is 22.5 Å². The van der Waals surface area contributed by atoms with Crippen LogP contribution in [0.5, 0.6) is 0 Å². The van der Waals surface area contributed by atoms with Gasteiger partial charge in [0, 0.05) is 31.9 Å². The lowest BCUT2D eigenvalue weighted by Gasteiger charge is -2.08. The van der Waals surface area contributed by atoms with Crippen molar-refractivity contribution in [3.8, 4) is 11.3 Å². The fourth-order valence-electron chi connectivity index (χ4n) is 2.79. The molecule has 120 valence electrons. The largest absolute Gasteiger partial charge is 0.395 e. The van der Waals surface area contributed by atoms with Gasteiger partial charge in [0.1, 0.15) is 0 Å². The van der Waals surface area contributed by atoms with Crippen molar-refractivity contribution in [3.05, 3.63) is 56.3 Å². The number of hydrogen-bond acceptors (Lipinski definition) is 3. The van der Waals surface area contributed by atoms with Crippen molar-refractivity contribution in [1.29, 1.82) is 0 Å². The third-order valence-corrected chi connectivity index (χ3v) is 4.22. The maximum Gasteiger partial charge on any atom is 0.330 e. The zero-order valence-electron chi connectivity index (χ0n) is 12.8. The third-order valence-electron chi connectivity index (χ3n) is 3.97. The van der Waals surface area contributed by atoms with Gasteiger partial charge in [-0.2, -0.15) is 0 Å². The molecule has 7 heteroatoms. The van der Waals surface area contributed by atoms with Gasteiger partial charge >= 0.3 is 5.69 Å². The van der Waals surface area contributed by atoms with E-state index in [1.54, 1.807) is 29.9 Å². The Labute approximate surface area is 136 Å². The number of aliphatic hydroxyl groups is 1. The summed E-state index contributed by atoms with van der Waals surface area (Å²) < 4.78 is 4.31. The molecule has 0 aliphatic heterocycles. The number of benzene rings is 1. The van der Waals surface area contributed by atoms with Gasteiger partial charge in [-0.1, -0.05) is 23.7 Å². The summed E-state index contributed by atoms with van der Waals surface area (Å²) >= 11 is 5.94. The molecule has 0 unspecified atom stereocenters. The van der Waals surface area contributed by atoms with Crippen molar-refractivity contribution in [2.24, 2.45) is 14.1 Å². The van der Waals surface area contributed by atoms with Gasteiger partial charge in [-0.05, 0) is 17.7 Å². The van der Waals surface area contributed by atoms with E-state index in [0.29, 0.717) is 28.2 Å². The molecule has 2 heterocycles. The summed E-state index contributed by atoms with van der Waals surface area (Å²) in [5.41, 5.74) is 1.27. The van der Waals surface area contributed by atoms with Gasteiger partial charge in [0.2, 0.25) is 0 Å². The minimum atomic E-state index is -0.383. The fourth-order valence-corrected chi connectivity index (χ4v) is 2.92. The summed E-state index contributed by atoms with van der Waals surface area (Å²) in [4.78, 5) is 24.7. The van der Waals surface area contributed by atoms with Crippen LogP contribution in [0, 0.1) is 0 Å². The van der Waals surface area contributed by atoms with Crippen LogP contribution in [-0.2, 0) is 20.6 Å². The molecule has 3 aromatic rings. The molecule has 0 spiro atoms. The lowest BCUT2D eigenvalue weighted by molar-refractivity contribution is 0.277. The summed E-state index contributed by atoms with van der Waals surface area (Å²) in [6.45, 7) is 0.250. The van der Waals surface area contributed by atoms with Gasteiger partial charge in [0.05, 0.1) is 23.2 Å². The second-order valence-corrected chi connectivity index (χ2v) is 5.80. The van der Waals surface area contributed by atoms with Gasteiger partial charge in [0.15, 0.2) is 0 Å². The maximum absolute atomic E-state index is 12.6. The Morgan fingerprint density at radius 1 is 1.09 bits per heavy atom. The van der Waals surface area contributed by atoms with Crippen LogP contribution in [0.4, 0.5) is 0 Å². The molecule has 6 nitrogen and oxygen atoms in total. The molecule has 0 amide bonds. The highest BCUT2D eigenvalue weighted by Crippen LogP contribution is 2.28. The average Bonchev–Trinajstić information content (AvgIpc) is 2.91. The van der Waals surface area contributed by atoms with E-state index in [9.17, 15) is 14.7 Å². The molecule has 0 saturated carbocycles. The molecule has 0 radical (unpaired) electrons. The molecule has 0 saturated heterocycles. The highest BCUT2D eigenvalue weighted by molar-refractivity contribution is 6.30. The second kappa shape index (κ2) is 5.72. The number of nitrogens with zero attached hydrogens (tertiary/aromatic N) is 3. The molecule has 3 rings (SSSR count). The minimum Gasteiger partial charge on any atom is -0.395 e. The molecule has 1 aromatic carbocycles. The molecular weight excluding hydrogens is 318 g/mol. The fraction of sp³-hybridized carbons (Fsp3) is 0.250. The molecular formula is C16H16ClN3O3. The van der Waals surface area contributed by atoms with E-state index < -0.39 is 0 Å². The van der Waals surface area contributed by atoms with Crippen LogP contribution in [0.3, 0.4) is 0 Å². The van der Waals surface area contributed by atoms with E-state index in [-0.39, 0.29) is 17.9 Å². The quantitative estimate of drug-likeness (QED) is 0.786. The predicted molar refractivity (Wildman–Crippen MR) is 90.0 cm³/mol. The average molecular weight is 334 g/mol. The molecule has 0 fully saturated rings. The number of hydrogen-bond donors (Lipinski definition) is 1. The molecule has 2 aromatic heterocycles. The lowest BCUT2D eigenvalue weighted by atomic mass is 10.1. The van der Waals surface area contributed by atoms with Crippen LogP contribution < -0.4 is 11.2 Å². The first kappa shape index (κ1) is 15.6. The summed E-state index contributed by atoms with van der Waals surface area (Å²) in [7, 11) is 3.08. The first-order valence-electron chi connectivity index (χ1n) is 7.11. The topological polar surface area (TPSA) is 69.2 Å². The van der Waals surface area contributed by atoms with Gasteiger partial charge in [-0.15, -0.1) is 0 Å². The zero-order chi connectivity index (χ0) is 16.7. The van der Waals surface area contributed by atoms with E-state index in [1.165, 1.54) is 11.6 Å². The Bertz CT molecular complexity index is 997. The van der Waals surface area contributed by atoms with Crippen molar-refractivity contribution in [2.45, 2.75) is 6.54 Å². The molecule has 0 bridgehead atoms. The Balaban J connectivity index is 2.48. The molecule has 0 aliphatic rings. The molecule has 1 N–H and O–H groups in total. The third kappa shape index (κ3) is 2.40. The number of halogens is 1. The molecule has 0 aliphatic carbocycles. The maximum atomic E-state index is 12.6. The minimum absolute atomic E-state index is 0.0736. The van der Waals surface area contributed by atoms with E-state index in [2.05, 4.69) is 0 Å². The van der Waals surface area contributed by atoms with Crippen LogP contribution in [0.15, 0.2) is 40.1 Å². The molecule has 23 heavy (non-hydrogen) atoms. The Morgan fingerprint density at radius 3 is 2.35 bits per heavy atom. The van der Waals surface area contributed by atoms with E-state index >= 15 is 0 Å². The summed E-state index contributed by atoms with van der Waals surface area (Å²) in [6, 6.07) is 7.11. The summed E-state index contributed by atoms with van der Waals surface area (Å²) in [5, 5.41) is 10.4. The van der Waals surface area contributed by atoms with Crippen LogP contribution in [-0.4, -0.2) is 25.4 Å². The van der Waals surface area contributed by atoms with Gasteiger partial charge in [-0.3, -0.25) is 13.9 Å². The van der Waals surface area contributed by atoms with Crippen LogP contribution in [0.2, 0.25) is 5.02 Å². The number of fused-ring (bicyclic) bond motifs is 1. The van der Waals surface area contributed by atoms with Crippen molar-refractivity contribution in [1.82, 2.24) is 13.7 Å². The second-order valence-electron chi connectivity index (χ2n) is 5.37. The van der Waals surface area contributed by atoms with Crippen molar-refractivity contribution < 1.29 is 5.11 Å². The SMILES string of the molecule is Cn1c(=O)c2c(-c3ccc(Cl)cc3)n(CCO)cc2n(C)c1=O. The standard InChI is InChI=1S/C16H16ClN3O3/c1-18-12-9-20(7-8-21)14(10-3-5-11(17)6-4-10)13(12)15(22)19(2)16(18)23/h3-6,9,21H,7-8H2,1-2H3. The number of aromatic nitrogens is 3.